The van der Waals surface area contributed by atoms with E-state index in [1.54, 1.807) is 12.1 Å². The molecule has 3 nitrogen and oxygen atoms in total. The Hall–Kier alpha value is -1.22. The Morgan fingerprint density at radius 2 is 2.43 bits per heavy atom. The Kier molecular flexibility index (Phi) is 2.59. The number of fused-ring (bicyclic) bond motifs is 1. The van der Waals surface area contributed by atoms with E-state index in [-0.39, 0.29) is 5.75 Å². The molecule has 1 unspecified atom stereocenters. The maximum Gasteiger partial charge on any atom is 0.126 e. The number of hydrogen-bond donors (Lipinski definition) is 2. The minimum Gasteiger partial charge on any atom is -0.508 e. The highest BCUT2D eigenvalue weighted by Crippen LogP contribution is 2.35. The second-order valence-corrected chi connectivity index (χ2v) is 3.61. The molecule has 0 bridgehead atoms. The summed E-state index contributed by atoms with van der Waals surface area (Å²) in [4.78, 5) is 0. The lowest BCUT2D eigenvalue weighted by Crippen LogP contribution is -2.23. The lowest BCUT2D eigenvalue weighted by Gasteiger charge is -2.25. The van der Waals surface area contributed by atoms with Gasteiger partial charge in [-0.05, 0) is 25.1 Å². The topological polar surface area (TPSA) is 41.5 Å². The molecule has 0 fully saturated rings. The Morgan fingerprint density at radius 1 is 1.57 bits per heavy atom. The van der Waals surface area contributed by atoms with Gasteiger partial charge in [0.05, 0.1) is 6.61 Å². The summed E-state index contributed by atoms with van der Waals surface area (Å²) >= 11 is 0. The van der Waals surface area contributed by atoms with Crippen molar-refractivity contribution in [3.63, 3.8) is 0 Å². The molecule has 1 atom stereocenters. The predicted octanol–water partition coefficient (Wildman–Crippen LogP) is 1.48. The molecule has 0 radical (unpaired) electrons. The molecule has 14 heavy (non-hydrogen) atoms. The van der Waals surface area contributed by atoms with Gasteiger partial charge in [0.15, 0.2) is 0 Å². The average molecular weight is 193 g/mol. The predicted molar refractivity (Wildman–Crippen MR) is 54.9 cm³/mol. The highest BCUT2D eigenvalue weighted by Gasteiger charge is 2.20. The number of likely N-dealkylation sites (N-methyl/N-ethyl adjacent to an activating group) is 1. The summed E-state index contributed by atoms with van der Waals surface area (Å²) in [5.74, 6) is 1.61. The molecule has 0 saturated carbocycles. The van der Waals surface area contributed by atoms with Gasteiger partial charge in [-0.1, -0.05) is 6.07 Å². The first-order valence-corrected chi connectivity index (χ1v) is 4.91. The molecule has 76 valence electrons. The van der Waals surface area contributed by atoms with Crippen LogP contribution in [0.1, 0.15) is 17.9 Å². The minimum atomic E-state index is 0.272. The van der Waals surface area contributed by atoms with Crippen molar-refractivity contribution in [3.05, 3.63) is 23.8 Å². The zero-order valence-corrected chi connectivity index (χ0v) is 8.29. The van der Waals surface area contributed by atoms with E-state index < -0.39 is 0 Å². The van der Waals surface area contributed by atoms with Crippen molar-refractivity contribution < 1.29 is 9.84 Å². The van der Waals surface area contributed by atoms with Crippen molar-refractivity contribution in [2.75, 3.05) is 20.2 Å². The van der Waals surface area contributed by atoms with Gasteiger partial charge in [-0.15, -0.1) is 0 Å². The first-order chi connectivity index (χ1) is 6.81. The van der Waals surface area contributed by atoms with Crippen molar-refractivity contribution >= 4 is 0 Å². The fourth-order valence-corrected chi connectivity index (χ4v) is 1.91. The van der Waals surface area contributed by atoms with Crippen LogP contribution in [0.3, 0.4) is 0 Å². The number of phenols is 1. The Balaban J connectivity index is 2.30. The molecule has 1 aromatic rings. The fourth-order valence-electron chi connectivity index (χ4n) is 1.91. The zero-order chi connectivity index (χ0) is 9.97. The third-order valence-corrected chi connectivity index (χ3v) is 2.61. The fraction of sp³-hybridized carbons (Fsp3) is 0.455. The van der Waals surface area contributed by atoms with Crippen LogP contribution in [-0.4, -0.2) is 25.3 Å². The molecular formula is C11H15NO2. The van der Waals surface area contributed by atoms with E-state index in [9.17, 15) is 5.11 Å². The standard InChI is InChI=1S/C11H15NO2/c1-12-7-8-4-5-14-11-6-9(13)2-3-10(8)11/h2-3,6,8,12-13H,4-5,7H2,1H3. The first kappa shape index (κ1) is 9.34. The lowest BCUT2D eigenvalue weighted by molar-refractivity contribution is 0.264. The van der Waals surface area contributed by atoms with Crippen LogP contribution in [0.25, 0.3) is 0 Å². The van der Waals surface area contributed by atoms with Crippen LogP contribution in [0, 0.1) is 0 Å². The number of benzene rings is 1. The largest absolute Gasteiger partial charge is 0.508 e. The summed E-state index contributed by atoms with van der Waals surface area (Å²) in [6.07, 6.45) is 1.04. The highest BCUT2D eigenvalue weighted by molar-refractivity contribution is 5.43. The van der Waals surface area contributed by atoms with Gasteiger partial charge in [0.2, 0.25) is 0 Å². The summed E-state index contributed by atoms with van der Waals surface area (Å²) in [7, 11) is 1.95. The number of hydrogen-bond acceptors (Lipinski definition) is 3. The van der Waals surface area contributed by atoms with Crippen LogP contribution >= 0.6 is 0 Å². The van der Waals surface area contributed by atoms with E-state index in [4.69, 9.17) is 4.74 Å². The highest BCUT2D eigenvalue weighted by atomic mass is 16.5. The molecule has 0 aromatic heterocycles. The van der Waals surface area contributed by atoms with Crippen molar-refractivity contribution in [3.8, 4) is 11.5 Å². The van der Waals surface area contributed by atoms with Gasteiger partial charge in [-0.2, -0.15) is 0 Å². The normalized spacial score (nSPS) is 19.9. The third kappa shape index (κ3) is 1.68. The Morgan fingerprint density at radius 3 is 3.21 bits per heavy atom. The quantitative estimate of drug-likeness (QED) is 0.747. The van der Waals surface area contributed by atoms with Crippen molar-refractivity contribution in [1.82, 2.24) is 5.32 Å². The minimum absolute atomic E-state index is 0.272. The van der Waals surface area contributed by atoms with Gasteiger partial charge in [0.25, 0.3) is 0 Å². The smallest absolute Gasteiger partial charge is 0.126 e. The van der Waals surface area contributed by atoms with E-state index in [0.29, 0.717) is 5.92 Å². The molecule has 1 heterocycles. The molecule has 0 saturated heterocycles. The van der Waals surface area contributed by atoms with Crippen molar-refractivity contribution in [2.24, 2.45) is 0 Å². The second kappa shape index (κ2) is 3.88. The molecule has 0 amide bonds. The Bertz CT molecular complexity index is 325. The van der Waals surface area contributed by atoms with E-state index in [2.05, 4.69) is 5.32 Å². The SMILES string of the molecule is CNCC1CCOc2cc(O)ccc21. The van der Waals surface area contributed by atoms with Crippen LogP contribution in [0.5, 0.6) is 11.5 Å². The van der Waals surface area contributed by atoms with Gasteiger partial charge in [-0.25, -0.2) is 0 Å². The lowest BCUT2D eigenvalue weighted by atomic mass is 9.93. The molecule has 2 rings (SSSR count). The monoisotopic (exact) mass is 193 g/mol. The zero-order valence-electron chi connectivity index (χ0n) is 8.29. The molecule has 3 heteroatoms. The third-order valence-electron chi connectivity index (χ3n) is 2.61. The first-order valence-electron chi connectivity index (χ1n) is 4.91. The van der Waals surface area contributed by atoms with Crippen LogP contribution in [0.15, 0.2) is 18.2 Å². The number of nitrogens with one attached hydrogen (secondary N) is 1. The summed E-state index contributed by atoms with van der Waals surface area (Å²) in [6, 6.07) is 5.36. The Labute approximate surface area is 83.7 Å². The van der Waals surface area contributed by atoms with E-state index in [0.717, 1.165) is 25.3 Å². The van der Waals surface area contributed by atoms with E-state index in [1.807, 2.05) is 13.1 Å². The molecule has 1 aliphatic heterocycles. The van der Waals surface area contributed by atoms with Crippen LogP contribution < -0.4 is 10.1 Å². The number of aromatic hydroxyl groups is 1. The summed E-state index contributed by atoms with van der Waals surface area (Å²) in [6.45, 7) is 1.70. The van der Waals surface area contributed by atoms with Gasteiger partial charge in [-0.3, -0.25) is 0 Å². The van der Waals surface area contributed by atoms with Gasteiger partial charge in [0.1, 0.15) is 11.5 Å². The second-order valence-electron chi connectivity index (χ2n) is 3.61. The summed E-state index contributed by atoms with van der Waals surface area (Å²) in [5.41, 5.74) is 1.20. The molecular weight excluding hydrogens is 178 g/mol. The van der Waals surface area contributed by atoms with E-state index in [1.165, 1.54) is 5.56 Å². The average Bonchev–Trinajstić information content (AvgIpc) is 2.18. The van der Waals surface area contributed by atoms with Gasteiger partial charge in [0, 0.05) is 18.5 Å². The molecule has 1 aliphatic rings. The van der Waals surface area contributed by atoms with Gasteiger partial charge < -0.3 is 15.2 Å². The van der Waals surface area contributed by atoms with Crippen molar-refractivity contribution in [1.29, 1.82) is 0 Å². The maximum atomic E-state index is 9.31. The number of phenolic OH excluding ortho intramolecular Hbond substituents is 1. The van der Waals surface area contributed by atoms with E-state index >= 15 is 0 Å². The van der Waals surface area contributed by atoms with Crippen molar-refractivity contribution in [2.45, 2.75) is 12.3 Å². The molecule has 0 spiro atoms. The molecule has 2 N–H and O–H groups in total. The van der Waals surface area contributed by atoms with Crippen LogP contribution in [-0.2, 0) is 0 Å². The number of ether oxygens (including phenoxy) is 1. The summed E-state index contributed by atoms with van der Waals surface area (Å²) < 4.78 is 5.49. The number of rotatable bonds is 2. The molecule has 1 aromatic carbocycles. The van der Waals surface area contributed by atoms with Gasteiger partial charge >= 0.3 is 0 Å². The van der Waals surface area contributed by atoms with Crippen LogP contribution in [0.4, 0.5) is 0 Å². The van der Waals surface area contributed by atoms with Crippen LogP contribution in [0.2, 0.25) is 0 Å². The summed E-state index contributed by atoms with van der Waals surface area (Å²) in [5, 5.41) is 12.5. The maximum absolute atomic E-state index is 9.31. The molecule has 0 aliphatic carbocycles.